The number of halogens is 2. The van der Waals surface area contributed by atoms with Crippen molar-refractivity contribution in [3.63, 3.8) is 0 Å². The zero-order valence-electron chi connectivity index (χ0n) is 16.6. The van der Waals surface area contributed by atoms with Gasteiger partial charge in [0.25, 0.3) is 17.5 Å². The fraction of sp³-hybridized carbons (Fsp3) is 0.611. The molecule has 1 aliphatic heterocycles. The topological polar surface area (TPSA) is 81.9 Å². The van der Waals surface area contributed by atoms with Gasteiger partial charge < -0.3 is 14.4 Å². The molecule has 1 aliphatic rings. The van der Waals surface area contributed by atoms with Crippen LogP contribution in [0.15, 0.2) is 12.1 Å². The van der Waals surface area contributed by atoms with Crippen molar-refractivity contribution >= 4 is 35.1 Å². The van der Waals surface area contributed by atoms with Gasteiger partial charge in [-0.15, -0.1) is 23.5 Å². The fourth-order valence-electron chi connectivity index (χ4n) is 3.26. The first-order valence-corrected chi connectivity index (χ1v) is 11.1. The van der Waals surface area contributed by atoms with Crippen LogP contribution in [-0.2, 0) is 0 Å². The summed E-state index contributed by atoms with van der Waals surface area (Å²) in [5, 5.41) is 11.5. The second kappa shape index (κ2) is 9.84. The molecule has 1 heterocycles. The van der Waals surface area contributed by atoms with Crippen molar-refractivity contribution in [2.75, 3.05) is 32.3 Å². The van der Waals surface area contributed by atoms with Crippen molar-refractivity contribution in [3.8, 4) is 11.5 Å². The molecule has 1 aromatic rings. The van der Waals surface area contributed by atoms with Crippen LogP contribution >= 0.6 is 23.5 Å². The van der Waals surface area contributed by atoms with Crippen LogP contribution in [0.4, 0.5) is 14.5 Å². The Balaban J connectivity index is 2.51. The Morgan fingerprint density at radius 1 is 1.28 bits per heavy atom. The molecule has 29 heavy (non-hydrogen) atoms. The number of alkyl halides is 2. The van der Waals surface area contributed by atoms with Gasteiger partial charge in [-0.05, 0) is 11.5 Å². The number of hydrogen-bond donors (Lipinski definition) is 0. The molecule has 1 aromatic carbocycles. The highest BCUT2D eigenvalue weighted by Gasteiger charge is 2.50. The number of methoxy groups -OCH3 is 2. The molecule has 1 atom stereocenters. The molecule has 0 radical (unpaired) electrons. The zero-order chi connectivity index (χ0) is 21.8. The molecule has 2 rings (SSSR count). The number of thioether (sulfide) groups is 2. The number of ether oxygens (including phenoxy) is 2. The first-order valence-electron chi connectivity index (χ1n) is 9.01. The molecule has 0 bridgehead atoms. The molecule has 1 saturated heterocycles. The lowest BCUT2D eigenvalue weighted by atomic mass is 10.1. The Kier molecular flexibility index (Phi) is 7.98. The van der Waals surface area contributed by atoms with Gasteiger partial charge in [0.15, 0.2) is 11.5 Å². The second-order valence-electron chi connectivity index (χ2n) is 6.32. The van der Waals surface area contributed by atoms with E-state index in [4.69, 9.17) is 9.47 Å². The van der Waals surface area contributed by atoms with E-state index in [2.05, 4.69) is 0 Å². The summed E-state index contributed by atoms with van der Waals surface area (Å²) in [6, 6.07) is 1.52. The summed E-state index contributed by atoms with van der Waals surface area (Å²) in [5.74, 6) is -2.24. The smallest absolute Gasteiger partial charge is 0.286 e. The Morgan fingerprint density at radius 3 is 2.31 bits per heavy atom. The molecule has 0 saturated carbocycles. The predicted octanol–water partition coefficient (Wildman–Crippen LogP) is 4.29. The number of benzene rings is 1. The Bertz CT molecular complexity index is 760. The molecular formula is C18H24F2N2O5S2. The summed E-state index contributed by atoms with van der Waals surface area (Å²) in [6.07, 6.45) is -0.468. The molecule has 7 nitrogen and oxygen atoms in total. The third-order valence-electron chi connectivity index (χ3n) is 4.48. The predicted molar refractivity (Wildman–Crippen MR) is 111 cm³/mol. The van der Waals surface area contributed by atoms with Crippen LogP contribution in [0.3, 0.4) is 0 Å². The van der Waals surface area contributed by atoms with E-state index in [1.165, 1.54) is 43.8 Å². The molecule has 162 valence electrons. The van der Waals surface area contributed by atoms with E-state index in [0.29, 0.717) is 11.5 Å². The molecule has 0 unspecified atom stereocenters. The van der Waals surface area contributed by atoms with Crippen molar-refractivity contribution in [1.29, 1.82) is 0 Å². The maximum absolute atomic E-state index is 14.3. The average Bonchev–Trinajstić information content (AvgIpc) is 3.01. The van der Waals surface area contributed by atoms with Crippen LogP contribution in [0.2, 0.25) is 0 Å². The monoisotopic (exact) mass is 450 g/mol. The SMILES string of the molecule is CCSC(SCC)[C@@H]1CC(F)(F)CN1C(=O)c1cc(OC)c(OC)cc1[N+](=O)[O-]. The van der Waals surface area contributed by atoms with E-state index in [9.17, 15) is 23.7 Å². The fourth-order valence-corrected chi connectivity index (χ4v) is 6.05. The quantitative estimate of drug-likeness (QED) is 0.315. The summed E-state index contributed by atoms with van der Waals surface area (Å²) in [4.78, 5) is 25.1. The summed E-state index contributed by atoms with van der Waals surface area (Å²) >= 11 is 2.99. The van der Waals surface area contributed by atoms with E-state index in [-0.39, 0.29) is 21.6 Å². The van der Waals surface area contributed by atoms with Gasteiger partial charge in [-0.2, -0.15) is 0 Å². The first-order chi connectivity index (χ1) is 13.7. The third kappa shape index (κ3) is 5.25. The minimum absolute atomic E-state index is 0.0833. The van der Waals surface area contributed by atoms with Crippen LogP contribution < -0.4 is 9.47 Å². The standard InChI is InChI=1S/C18H24F2N2O5S2/c1-5-28-17(29-6-2)13-9-18(19,20)10-21(13)16(23)11-7-14(26-3)15(27-4)8-12(11)22(24)25/h7-8,13,17H,5-6,9-10H2,1-4H3/t13-/m0/s1. The Labute approximate surface area is 176 Å². The number of rotatable bonds is 9. The van der Waals surface area contributed by atoms with Gasteiger partial charge in [-0.1, -0.05) is 13.8 Å². The molecule has 1 amide bonds. The zero-order valence-corrected chi connectivity index (χ0v) is 18.3. The summed E-state index contributed by atoms with van der Waals surface area (Å²) in [6.45, 7) is 3.08. The van der Waals surface area contributed by atoms with Crippen molar-refractivity contribution in [1.82, 2.24) is 4.90 Å². The molecule has 1 fully saturated rings. The van der Waals surface area contributed by atoms with Gasteiger partial charge in [-0.3, -0.25) is 14.9 Å². The summed E-state index contributed by atoms with van der Waals surface area (Å²) < 4.78 is 38.5. The van der Waals surface area contributed by atoms with Crippen LogP contribution in [-0.4, -0.2) is 64.5 Å². The van der Waals surface area contributed by atoms with E-state index >= 15 is 0 Å². The van der Waals surface area contributed by atoms with E-state index in [1.54, 1.807) is 0 Å². The van der Waals surface area contributed by atoms with Gasteiger partial charge in [0.05, 0.1) is 42.4 Å². The highest BCUT2D eigenvalue weighted by Crippen LogP contribution is 2.43. The van der Waals surface area contributed by atoms with E-state index in [0.717, 1.165) is 11.0 Å². The highest BCUT2D eigenvalue weighted by molar-refractivity contribution is 8.17. The number of carbonyl (C=O) groups is 1. The van der Waals surface area contributed by atoms with Gasteiger partial charge in [0, 0.05) is 12.5 Å². The highest BCUT2D eigenvalue weighted by atomic mass is 32.2. The minimum Gasteiger partial charge on any atom is -0.493 e. The molecule has 11 heteroatoms. The first kappa shape index (κ1) is 23.5. The number of likely N-dealkylation sites (tertiary alicyclic amines) is 1. The van der Waals surface area contributed by atoms with E-state index < -0.39 is 41.4 Å². The van der Waals surface area contributed by atoms with Gasteiger partial charge in [0.2, 0.25) is 0 Å². The maximum Gasteiger partial charge on any atom is 0.286 e. The number of nitro benzene ring substituents is 1. The van der Waals surface area contributed by atoms with Crippen LogP contribution in [0.5, 0.6) is 11.5 Å². The minimum atomic E-state index is -3.05. The number of nitro groups is 1. The molecule has 0 spiro atoms. The van der Waals surface area contributed by atoms with Crippen LogP contribution in [0.1, 0.15) is 30.6 Å². The number of carbonyl (C=O) groups excluding carboxylic acids is 1. The van der Waals surface area contributed by atoms with Crippen molar-refractivity contribution in [3.05, 3.63) is 27.8 Å². The number of amides is 1. The summed E-state index contributed by atoms with van der Waals surface area (Å²) in [7, 11) is 2.64. The lowest BCUT2D eigenvalue weighted by molar-refractivity contribution is -0.385. The number of hydrogen-bond acceptors (Lipinski definition) is 7. The van der Waals surface area contributed by atoms with Gasteiger partial charge >= 0.3 is 0 Å². The van der Waals surface area contributed by atoms with Crippen LogP contribution in [0.25, 0.3) is 0 Å². The normalized spacial score (nSPS) is 18.2. The third-order valence-corrected chi connectivity index (χ3v) is 7.24. The van der Waals surface area contributed by atoms with Gasteiger partial charge in [-0.25, -0.2) is 8.78 Å². The summed E-state index contributed by atoms with van der Waals surface area (Å²) in [5.41, 5.74) is -0.804. The van der Waals surface area contributed by atoms with Crippen molar-refractivity contribution in [2.45, 2.75) is 36.8 Å². The maximum atomic E-state index is 14.3. The molecule has 0 N–H and O–H groups in total. The Hall–Kier alpha value is -1.75. The molecule has 0 aliphatic carbocycles. The molecule has 0 aromatic heterocycles. The average molecular weight is 451 g/mol. The molecular weight excluding hydrogens is 426 g/mol. The second-order valence-corrected chi connectivity index (χ2v) is 9.46. The van der Waals surface area contributed by atoms with Gasteiger partial charge in [0.1, 0.15) is 5.56 Å². The Morgan fingerprint density at radius 2 is 1.83 bits per heavy atom. The lowest BCUT2D eigenvalue weighted by Gasteiger charge is -2.30. The van der Waals surface area contributed by atoms with Crippen molar-refractivity contribution < 1.29 is 28.0 Å². The van der Waals surface area contributed by atoms with E-state index in [1.807, 2.05) is 13.8 Å². The number of nitrogens with zero attached hydrogens (tertiary/aromatic N) is 2. The van der Waals surface area contributed by atoms with Crippen LogP contribution in [0, 0.1) is 10.1 Å². The van der Waals surface area contributed by atoms with Crippen molar-refractivity contribution in [2.24, 2.45) is 0 Å². The lowest BCUT2D eigenvalue weighted by Crippen LogP contribution is -2.41. The largest absolute Gasteiger partial charge is 0.493 e.